The van der Waals surface area contributed by atoms with Gasteiger partial charge >= 0.3 is 6.36 Å². The first-order valence-electron chi connectivity index (χ1n) is 4.33. The maximum Gasteiger partial charge on any atom is 0.522 e. The highest BCUT2D eigenvalue weighted by molar-refractivity contribution is 4.77. The minimum absolute atomic E-state index is 0.168. The lowest BCUT2D eigenvalue weighted by Gasteiger charge is -2.34. The summed E-state index contributed by atoms with van der Waals surface area (Å²) in [5.41, 5.74) is 0. The second kappa shape index (κ2) is 3.84. The third-order valence-electron chi connectivity index (χ3n) is 2.46. The number of alkyl halides is 3. The Balaban J connectivity index is 2.38. The normalized spacial score (nSPS) is 32.1. The van der Waals surface area contributed by atoms with Crippen LogP contribution >= 0.6 is 0 Å². The SMILES string of the molecule is C[C@@H]1CC(OC(F)(F)F)CCN1C. The van der Waals surface area contributed by atoms with Crippen molar-refractivity contribution in [3.8, 4) is 0 Å². The Morgan fingerprint density at radius 2 is 2.00 bits per heavy atom. The molecule has 0 amide bonds. The zero-order valence-electron chi connectivity index (χ0n) is 7.77. The first-order valence-corrected chi connectivity index (χ1v) is 4.33. The van der Waals surface area contributed by atoms with Crippen LogP contribution in [0.5, 0.6) is 0 Å². The molecule has 0 N–H and O–H groups in total. The van der Waals surface area contributed by atoms with Crippen LogP contribution in [0.1, 0.15) is 19.8 Å². The monoisotopic (exact) mass is 197 g/mol. The summed E-state index contributed by atoms with van der Waals surface area (Å²) in [6, 6.07) is 0.168. The molecule has 1 aliphatic rings. The molecule has 0 bridgehead atoms. The van der Waals surface area contributed by atoms with Gasteiger partial charge in [-0.25, -0.2) is 0 Å². The molecule has 2 nitrogen and oxygen atoms in total. The van der Waals surface area contributed by atoms with Gasteiger partial charge in [0, 0.05) is 12.6 Å². The van der Waals surface area contributed by atoms with Gasteiger partial charge in [0.2, 0.25) is 0 Å². The Labute approximate surface area is 75.7 Å². The smallest absolute Gasteiger partial charge is 0.303 e. The molecule has 0 aliphatic carbocycles. The maximum absolute atomic E-state index is 11.8. The molecule has 13 heavy (non-hydrogen) atoms. The molecule has 78 valence electrons. The highest BCUT2D eigenvalue weighted by Crippen LogP contribution is 2.26. The predicted octanol–water partition coefficient (Wildman–Crippen LogP) is 2.01. The highest BCUT2D eigenvalue weighted by Gasteiger charge is 2.35. The molecule has 0 saturated carbocycles. The van der Waals surface area contributed by atoms with Gasteiger partial charge in [0.05, 0.1) is 6.10 Å². The summed E-state index contributed by atoms with van der Waals surface area (Å²) in [5, 5.41) is 0. The largest absolute Gasteiger partial charge is 0.522 e. The van der Waals surface area contributed by atoms with Gasteiger partial charge in [-0.15, -0.1) is 13.2 Å². The lowest BCUT2D eigenvalue weighted by molar-refractivity contribution is -0.346. The van der Waals surface area contributed by atoms with Crippen molar-refractivity contribution in [3.05, 3.63) is 0 Å². The van der Waals surface area contributed by atoms with Crippen molar-refractivity contribution in [1.82, 2.24) is 4.90 Å². The predicted molar refractivity (Wildman–Crippen MR) is 42.3 cm³/mol. The molecule has 1 heterocycles. The van der Waals surface area contributed by atoms with Crippen LogP contribution in [0.25, 0.3) is 0 Å². The Kier molecular flexibility index (Phi) is 3.18. The Hall–Kier alpha value is -0.290. The van der Waals surface area contributed by atoms with Gasteiger partial charge in [-0.05, 0) is 26.8 Å². The molecule has 0 aromatic rings. The fourth-order valence-corrected chi connectivity index (χ4v) is 1.54. The van der Waals surface area contributed by atoms with Crippen molar-refractivity contribution in [2.75, 3.05) is 13.6 Å². The number of nitrogens with zero attached hydrogens (tertiary/aromatic N) is 1. The fourth-order valence-electron chi connectivity index (χ4n) is 1.54. The van der Waals surface area contributed by atoms with Crippen molar-refractivity contribution in [3.63, 3.8) is 0 Å². The van der Waals surface area contributed by atoms with Crippen molar-refractivity contribution in [2.24, 2.45) is 0 Å². The van der Waals surface area contributed by atoms with Crippen LogP contribution in [0.15, 0.2) is 0 Å². The van der Waals surface area contributed by atoms with Gasteiger partial charge < -0.3 is 4.90 Å². The van der Waals surface area contributed by atoms with Crippen LogP contribution in [0, 0.1) is 0 Å². The van der Waals surface area contributed by atoms with Crippen LogP contribution in [-0.2, 0) is 4.74 Å². The number of rotatable bonds is 1. The minimum Gasteiger partial charge on any atom is -0.303 e. The van der Waals surface area contributed by atoms with Gasteiger partial charge in [0.15, 0.2) is 0 Å². The first kappa shape index (κ1) is 10.8. The van der Waals surface area contributed by atoms with E-state index in [1.54, 1.807) is 0 Å². The van der Waals surface area contributed by atoms with E-state index in [2.05, 4.69) is 4.74 Å². The zero-order valence-corrected chi connectivity index (χ0v) is 7.77. The van der Waals surface area contributed by atoms with Gasteiger partial charge in [-0.1, -0.05) is 0 Å². The van der Waals surface area contributed by atoms with E-state index in [1.807, 2.05) is 18.9 Å². The number of halogens is 3. The first-order chi connectivity index (χ1) is 5.88. The number of likely N-dealkylation sites (tertiary alicyclic amines) is 1. The van der Waals surface area contributed by atoms with Crippen LogP contribution in [-0.4, -0.2) is 37.0 Å². The topological polar surface area (TPSA) is 12.5 Å². The maximum atomic E-state index is 11.8. The third kappa shape index (κ3) is 3.52. The zero-order chi connectivity index (χ0) is 10.1. The summed E-state index contributed by atoms with van der Waals surface area (Å²) in [7, 11) is 1.91. The lowest BCUT2D eigenvalue weighted by atomic mass is 10.0. The molecule has 2 atom stereocenters. The summed E-state index contributed by atoms with van der Waals surface area (Å²) in [6.45, 7) is 2.58. The molecular weight excluding hydrogens is 183 g/mol. The molecular formula is C8H14F3NO. The highest BCUT2D eigenvalue weighted by atomic mass is 19.4. The number of piperidine rings is 1. The molecule has 1 unspecified atom stereocenters. The van der Waals surface area contributed by atoms with Crippen molar-refractivity contribution in [1.29, 1.82) is 0 Å². The van der Waals surface area contributed by atoms with E-state index < -0.39 is 12.5 Å². The number of hydrogen-bond acceptors (Lipinski definition) is 2. The van der Waals surface area contributed by atoms with Crippen LogP contribution in [0.4, 0.5) is 13.2 Å². The van der Waals surface area contributed by atoms with Gasteiger partial charge in [-0.2, -0.15) is 0 Å². The van der Waals surface area contributed by atoms with E-state index in [0.717, 1.165) is 0 Å². The van der Waals surface area contributed by atoms with Crippen LogP contribution < -0.4 is 0 Å². The number of ether oxygens (including phenoxy) is 1. The minimum atomic E-state index is -4.49. The fraction of sp³-hybridized carbons (Fsp3) is 1.00. The van der Waals surface area contributed by atoms with Gasteiger partial charge in [0.25, 0.3) is 0 Å². The number of hydrogen-bond donors (Lipinski definition) is 0. The second-order valence-corrected chi connectivity index (χ2v) is 3.54. The summed E-state index contributed by atoms with van der Waals surface area (Å²) >= 11 is 0. The molecule has 0 aromatic heterocycles. The van der Waals surface area contributed by atoms with Crippen LogP contribution in [0.3, 0.4) is 0 Å². The molecule has 1 fully saturated rings. The van der Waals surface area contributed by atoms with E-state index in [1.165, 1.54) is 0 Å². The van der Waals surface area contributed by atoms with E-state index >= 15 is 0 Å². The lowest BCUT2D eigenvalue weighted by Crippen LogP contribution is -2.42. The van der Waals surface area contributed by atoms with Gasteiger partial charge in [-0.3, -0.25) is 4.74 Å². The van der Waals surface area contributed by atoms with Crippen molar-refractivity contribution < 1.29 is 17.9 Å². The summed E-state index contributed by atoms with van der Waals surface area (Å²) < 4.78 is 39.5. The van der Waals surface area contributed by atoms with Crippen molar-refractivity contribution >= 4 is 0 Å². The average Bonchev–Trinajstić information content (AvgIpc) is 1.94. The Morgan fingerprint density at radius 1 is 1.38 bits per heavy atom. The molecule has 1 rings (SSSR count). The Morgan fingerprint density at radius 3 is 2.46 bits per heavy atom. The van der Waals surface area contributed by atoms with Gasteiger partial charge in [0.1, 0.15) is 0 Å². The molecule has 5 heteroatoms. The summed E-state index contributed by atoms with van der Waals surface area (Å²) in [5.74, 6) is 0. The van der Waals surface area contributed by atoms with Crippen molar-refractivity contribution in [2.45, 2.75) is 38.3 Å². The summed E-state index contributed by atoms with van der Waals surface area (Å²) in [4.78, 5) is 2.04. The van der Waals surface area contributed by atoms with E-state index in [4.69, 9.17) is 0 Å². The van der Waals surface area contributed by atoms with E-state index in [9.17, 15) is 13.2 Å². The second-order valence-electron chi connectivity index (χ2n) is 3.54. The summed E-state index contributed by atoms with van der Waals surface area (Å²) in [6.07, 6.45) is -4.23. The molecule has 1 aliphatic heterocycles. The molecule has 1 saturated heterocycles. The van der Waals surface area contributed by atoms with Crippen LogP contribution in [0.2, 0.25) is 0 Å². The molecule has 0 spiro atoms. The molecule has 0 radical (unpaired) electrons. The third-order valence-corrected chi connectivity index (χ3v) is 2.46. The van der Waals surface area contributed by atoms with E-state index in [0.29, 0.717) is 19.4 Å². The molecule has 0 aromatic carbocycles. The average molecular weight is 197 g/mol. The standard InChI is InChI=1S/C8H14F3NO/c1-6-5-7(3-4-12(6)2)13-8(9,10)11/h6-7H,3-5H2,1-2H3/t6-,7?/m1/s1. The Bertz CT molecular complexity index is 171. The van der Waals surface area contributed by atoms with E-state index in [-0.39, 0.29) is 6.04 Å². The quantitative estimate of drug-likeness (QED) is 0.637.